The molecule has 0 radical (unpaired) electrons. The molecule has 126 valence electrons. The maximum atomic E-state index is 12.1. The second-order valence-corrected chi connectivity index (χ2v) is 6.47. The van der Waals surface area contributed by atoms with Crippen molar-refractivity contribution in [3.8, 4) is 0 Å². The average Bonchev–Trinajstić information content (AvgIpc) is 2.36. The fourth-order valence-electron chi connectivity index (χ4n) is 2.24. The van der Waals surface area contributed by atoms with Crippen molar-refractivity contribution in [1.29, 1.82) is 0 Å². The number of hydrogen-bond acceptors (Lipinski definition) is 6. The van der Waals surface area contributed by atoms with Gasteiger partial charge < -0.3 is 24.7 Å². The fraction of sp³-hybridized carbons (Fsp3) is 0.800. The smallest absolute Gasteiger partial charge is 0.408 e. The van der Waals surface area contributed by atoms with Gasteiger partial charge in [-0.3, -0.25) is 0 Å². The van der Waals surface area contributed by atoms with Gasteiger partial charge in [-0.25, -0.2) is 9.59 Å². The molecule has 1 amide bonds. The van der Waals surface area contributed by atoms with E-state index in [0.717, 1.165) is 32.1 Å². The summed E-state index contributed by atoms with van der Waals surface area (Å²) in [5, 5.41) is 13.0. The molecule has 0 aliphatic heterocycles. The maximum absolute atomic E-state index is 12.1. The molecule has 7 nitrogen and oxygen atoms in total. The number of amides is 1. The van der Waals surface area contributed by atoms with E-state index in [1.165, 1.54) is 0 Å². The maximum Gasteiger partial charge on any atom is 0.408 e. The molecule has 1 fully saturated rings. The van der Waals surface area contributed by atoms with Crippen molar-refractivity contribution in [2.75, 3.05) is 0 Å². The Labute approximate surface area is 130 Å². The average molecular weight is 314 g/mol. The molecule has 0 bridgehead atoms. The molecular formula is C15H24NO6-. The summed E-state index contributed by atoms with van der Waals surface area (Å²) in [6.07, 6.45) is 2.85. The highest BCUT2D eigenvalue weighted by Crippen LogP contribution is 2.21. The molecule has 1 atom stereocenters. The number of carboxylic acids is 1. The van der Waals surface area contributed by atoms with E-state index in [0.29, 0.717) is 0 Å². The first kappa shape index (κ1) is 18.3. The SMILES string of the molecule is CC(C)(C)OC(=O)N[C@@H](CC(=O)[O-])C(=O)OC1CCCCC1. The summed E-state index contributed by atoms with van der Waals surface area (Å²) in [6.45, 7) is 5.00. The Morgan fingerprint density at radius 3 is 2.27 bits per heavy atom. The minimum absolute atomic E-state index is 0.217. The van der Waals surface area contributed by atoms with Gasteiger partial charge in [-0.15, -0.1) is 0 Å². The van der Waals surface area contributed by atoms with Crippen molar-refractivity contribution in [3.05, 3.63) is 0 Å². The minimum Gasteiger partial charge on any atom is -0.550 e. The summed E-state index contributed by atoms with van der Waals surface area (Å²) in [5.41, 5.74) is -0.747. The minimum atomic E-state index is -1.44. The second-order valence-electron chi connectivity index (χ2n) is 6.47. The van der Waals surface area contributed by atoms with Crippen LogP contribution in [-0.2, 0) is 19.1 Å². The Morgan fingerprint density at radius 2 is 1.77 bits per heavy atom. The lowest BCUT2D eigenvalue weighted by molar-refractivity contribution is -0.306. The van der Waals surface area contributed by atoms with E-state index in [1.807, 2.05) is 0 Å². The topological polar surface area (TPSA) is 105 Å². The standard InChI is InChI=1S/C15H25NO6/c1-15(2,3)22-14(20)16-11(9-12(17)18)13(19)21-10-7-5-4-6-8-10/h10-11H,4-9H2,1-3H3,(H,16,20)(H,17,18)/p-1/t11-/m0/s1. The number of carbonyl (C=O) groups excluding carboxylic acids is 3. The largest absolute Gasteiger partial charge is 0.550 e. The Morgan fingerprint density at radius 1 is 1.18 bits per heavy atom. The third kappa shape index (κ3) is 7.28. The van der Waals surface area contributed by atoms with Crippen LogP contribution in [0.1, 0.15) is 59.3 Å². The Kier molecular flexibility index (Phi) is 6.64. The van der Waals surface area contributed by atoms with Crippen molar-refractivity contribution in [3.63, 3.8) is 0 Å². The van der Waals surface area contributed by atoms with Crippen LogP contribution in [0, 0.1) is 0 Å². The van der Waals surface area contributed by atoms with Crippen LogP contribution in [0.3, 0.4) is 0 Å². The molecule has 0 aromatic carbocycles. The van der Waals surface area contributed by atoms with Crippen LogP contribution >= 0.6 is 0 Å². The van der Waals surface area contributed by atoms with E-state index in [1.54, 1.807) is 20.8 Å². The number of hydrogen-bond donors (Lipinski definition) is 1. The number of alkyl carbamates (subject to hydrolysis) is 1. The highest BCUT2D eigenvalue weighted by molar-refractivity contribution is 5.85. The Hall–Kier alpha value is -1.79. The monoisotopic (exact) mass is 314 g/mol. The molecule has 0 unspecified atom stereocenters. The van der Waals surface area contributed by atoms with Gasteiger partial charge in [-0.05, 0) is 46.5 Å². The van der Waals surface area contributed by atoms with Crippen LogP contribution in [-0.4, -0.2) is 35.8 Å². The van der Waals surface area contributed by atoms with Crippen LogP contribution in [0.5, 0.6) is 0 Å². The first-order valence-electron chi connectivity index (χ1n) is 7.57. The lowest BCUT2D eigenvalue weighted by Gasteiger charge is -2.26. The van der Waals surface area contributed by atoms with Crippen LogP contribution in [0.2, 0.25) is 0 Å². The van der Waals surface area contributed by atoms with Gasteiger partial charge in [-0.1, -0.05) is 6.42 Å². The fourth-order valence-corrected chi connectivity index (χ4v) is 2.24. The first-order chi connectivity index (χ1) is 10.2. The quantitative estimate of drug-likeness (QED) is 0.756. The first-order valence-corrected chi connectivity index (χ1v) is 7.57. The zero-order valence-electron chi connectivity index (χ0n) is 13.3. The van der Waals surface area contributed by atoms with Gasteiger partial charge in [0.15, 0.2) is 0 Å². The molecule has 1 aliphatic rings. The summed E-state index contributed by atoms with van der Waals surface area (Å²) in [7, 11) is 0. The molecule has 1 rings (SSSR count). The van der Waals surface area contributed by atoms with E-state index in [2.05, 4.69) is 5.32 Å². The lowest BCUT2D eigenvalue weighted by Crippen LogP contribution is -2.48. The number of rotatable bonds is 5. The summed E-state index contributed by atoms with van der Waals surface area (Å²) in [5.74, 6) is -2.20. The molecule has 1 aliphatic carbocycles. The number of carboxylic acid groups (broad SMARTS) is 1. The number of esters is 1. The van der Waals surface area contributed by atoms with Crippen LogP contribution < -0.4 is 10.4 Å². The van der Waals surface area contributed by atoms with Gasteiger partial charge in [0.1, 0.15) is 17.7 Å². The normalized spacial score (nSPS) is 17.4. The van der Waals surface area contributed by atoms with Gasteiger partial charge in [0.25, 0.3) is 0 Å². The number of aliphatic carboxylic acids is 1. The number of carbonyl (C=O) groups is 3. The van der Waals surface area contributed by atoms with E-state index in [9.17, 15) is 19.5 Å². The van der Waals surface area contributed by atoms with Gasteiger partial charge in [-0.2, -0.15) is 0 Å². The van der Waals surface area contributed by atoms with Gasteiger partial charge in [0.05, 0.1) is 0 Å². The zero-order chi connectivity index (χ0) is 16.8. The van der Waals surface area contributed by atoms with Crippen LogP contribution in [0.4, 0.5) is 4.79 Å². The number of ether oxygens (including phenoxy) is 2. The lowest BCUT2D eigenvalue weighted by atomic mass is 9.98. The van der Waals surface area contributed by atoms with Crippen LogP contribution in [0.25, 0.3) is 0 Å². The highest BCUT2D eigenvalue weighted by Gasteiger charge is 2.28. The number of nitrogens with one attached hydrogen (secondary N) is 1. The Balaban J connectivity index is 2.59. The van der Waals surface area contributed by atoms with E-state index >= 15 is 0 Å². The van der Waals surface area contributed by atoms with Crippen molar-refractivity contribution in [2.45, 2.75) is 77.0 Å². The van der Waals surface area contributed by atoms with Crippen molar-refractivity contribution < 1.29 is 29.0 Å². The van der Waals surface area contributed by atoms with Gasteiger partial charge in [0.2, 0.25) is 0 Å². The molecule has 22 heavy (non-hydrogen) atoms. The Bertz CT molecular complexity index is 409. The van der Waals surface area contributed by atoms with Gasteiger partial charge in [0, 0.05) is 12.4 Å². The van der Waals surface area contributed by atoms with Crippen molar-refractivity contribution >= 4 is 18.0 Å². The highest BCUT2D eigenvalue weighted by atomic mass is 16.6. The predicted molar refractivity (Wildman–Crippen MR) is 75.7 cm³/mol. The summed E-state index contributed by atoms with van der Waals surface area (Å²) in [6, 6.07) is -1.30. The van der Waals surface area contributed by atoms with Crippen molar-refractivity contribution in [2.24, 2.45) is 0 Å². The molecule has 0 heterocycles. The third-order valence-corrected chi connectivity index (χ3v) is 3.18. The van der Waals surface area contributed by atoms with Crippen LogP contribution in [0.15, 0.2) is 0 Å². The molecule has 1 N–H and O–H groups in total. The summed E-state index contributed by atoms with van der Waals surface area (Å²) in [4.78, 5) is 34.5. The molecule has 0 aromatic heterocycles. The molecular weight excluding hydrogens is 290 g/mol. The predicted octanol–water partition coefficient (Wildman–Crippen LogP) is 0.896. The van der Waals surface area contributed by atoms with Gasteiger partial charge >= 0.3 is 12.1 Å². The summed E-state index contributed by atoms with van der Waals surface area (Å²) >= 11 is 0. The molecule has 7 heteroatoms. The second kappa shape index (κ2) is 8.00. The van der Waals surface area contributed by atoms with E-state index in [4.69, 9.17) is 9.47 Å². The van der Waals surface area contributed by atoms with Crippen molar-refractivity contribution in [1.82, 2.24) is 5.32 Å². The summed E-state index contributed by atoms with van der Waals surface area (Å²) < 4.78 is 10.3. The van der Waals surface area contributed by atoms with E-state index < -0.39 is 36.1 Å². The molecule has 0 spiro atoms. The third-order valence-electron chi connectivity index (χ3n) is 3.18. The van der Waals surface area contributed by atoms with E-state index in [-0.39, 0.29) is 6.10 Å². The molecule has 0 saturated heterocycles. The molecule has 1 saturated carbocycles. The molecule has 0 aromatic rings. The zero-order valence-corrected chi connectivity index (χ0v) is 13.3.